The lowest BCUT2D eigenvalue weighted by Crippen LogP contribution is -2.58. The summed E-state index contributed by atoms with van der Waals surface area (Å²) in [6, 6.07) is 13.3. The fourth-order valence-electron chi connectivity index (χ4n) is 6.60. The first-order valence-electron chi connectivity index (χ1n) is 13.4. The summed E-state index contributed by atoms with van der Waals surface area (Å²) in [4.78, 5) is 33.1. The van der Waals surface area contributed by atoms with Crippen LogP contribution in [0.3, 0.4) is 0 Å². The fraction of sp³-hybridized carbons (Fsp3) is 0.552. The Balaban J connectivity index is 1.48. The van der Waals surface area contributed by atoms with Gasteiger partial charge in [0.05, 0.1) is 47.9 Å². The average molecular weight is 500 g/mol. The number of hydrogen-bond acceptors (Lipinski definition) is 6. The lowest BCUT2D eigenvalue weighted by molar-refractivity contribution is 0.000798. The number of aromatic nitrogens is 2. The van der Waals surface area contributed by atoms with E-state index in [0.717, 1.165) is 51.5 Å². The van der Waals surface area contributed by atoms with Gasteiger partial charge in [-0.15, -0.1) is 0 Å². The van der Waals surface area contributed by atoms with Crippen LogP contribution in [0, 0.1) is 16.7 Å². The van der Waals surface area contributed by atoms with Crippen molar-refractivity contribution in [3.63, 3.8) is 0 Å². The zero-order valence-electron chi connectivity index (χ0n) is 22.2. The van der Waals surface area contributed by atoms with Gasteiger partial charge in [-0.25, -0.2) is 14.8 Å². The molecule has 1 saturated heterocycles. The summed E-state index contributed by atoms with van der Waals surface area (Å²) >= 11 is 0. The number of amides is 2. The third-order valence-corrected chi connectivity index (χ3v) is 9.23. The summed E-state index contributed by atoms with van der Waals surface area (Å²) in [7, 11) is 3.90. The number of benzene rings is 1. The van der Waals surface area contributed by atoms with Gasteiger partial charge in [-0.3, -0.25) is 14.8 Å². The molecule has 2 aliphatic carbocycles. The largest absolute Gasteiger partial charge is 0.325 e. The molecule has 3 fully saturated rings. The van der Waals surface area contributed by atoms with Gasteiger partial charge < -0.3 is 4.90 Å². The number of nitrogens with zero attached hydrogens (tertiary/aromatic N) is 7. The Kier molecular flexibility index (Phi) is 6.76. The van der Waals surface area contributed by atoms with Crippen molar-refractivity contribution >= 4 is 17.9 Å². The highest BCUT2D eigenvalue weighted by Crippen LogP contribution is 2.52. The Hall–Kier alpha value is -3.31. The highest BCUT2D eigenvalue weighted by Gasteiger charge is 2.57. The Morgan fingerprint density at radius 2 is 1.78 bits per heavy atom. The summed E-state index contributed by atoms with van der Waals surface area (Å²) < 4.78 is 0. The molecule has 1 aromatic heterocycles. The zero-order valence-corrected chi connectivity index (χ0v) is 22.2. The normalized spacial score (nSPS) is 27.2. The first-order valence-corrected chi connectivity index (χ1v) is 13.4. The molecule has 37 heavy (non-hydrogen) atoms. The summed E-state index contributed by atoms with van der Waals surface area (Å²) in [5, 5.41) is 10.0. The molecule has 1 aromatic carbocycles. The minimum absolute atomic E-state index is 0.0295. The van der Waals surface area contributed by atoms with E-state index < -0.39 is 5.41 Å². The van der Waals surface area contributed by atoms with Crippen LogP contribution in [0.1, 0.15) is 63.3 Å². The summed E-state index contributed by atoms with van der Waals surface area (Å²) in [6.45, 7) is 4.27. The Morgan fingerprint density at radius 1 is 1.11 bits per heavy atom. The van der Waals surface area contributed by atoms with Gasteiger partial charge in [-0.05, 0) is 57.7 Å². The van der Waals surface area contributed by atoms with Crippen LogP contribution in [0.2, 0.25) is 0 Å². The Bertz CT molecular complexity index is 1170. The van der Waals surface area contributed by atoms with Crippen LogP contribution in [-0.2, 0) is 5.54 Å². The van der Waals surface area contributed by atoms with E-state index in [9.17, 15) is 10.1 Å². The van der Waals surface area contributed by atoms with Crippen molar-refractivity contribution in [1.29, 1.82) is 5.26 Å². The number of aliphatic imine (C=N–C) groups is 1. The van der Waals surface area contributed by atoms with Crippen molar-refractivity contribution in [1.82, 2.24) is 19.8 Å². The topological polar surface area (TPSA) is 88.7 Å². The van der Waals surface area contributed by atoms with E-state index in [0.29, 0.717) is 24.6 Å². The second kappa shape index (κ2) is 9.86. The van der Waals surface area contributed by atoms with Crippen molar-refractivity contribution in [2.45, 2.75) is 62.9 Å². The molecule has 0 unspecified atom stereocenters. The van der Waals surface area contributed by atoms with E-state index >= 15 is 0 Å². The predicted molar refractivity (Wildman–Crippen MR) is 145 cm³/mol. The summed E-state index contributed by atoms with van der Waals surface area (Å²) in [5.41, 5.74) is 1.25. The van der Waals surface area contributed by atoms with Crippen molar-refractivity contribution in [3.05, 3.63) is 54.1 Å². The number of urea groups is 1. The standard InChI is InChI=1S/C29H37N7O/c1-4-34(3)29(23-9-6-5-7-10-23)15-13-28(14-16-29)22-35(24-17-32-25(19-31-2)33-18-24)26(37)36(28)21-27(20-30)11-8-12-27/h5-7,9-10,17-19H,4,8,11-16,21-22H2,1-3H3. The van der Waals surface area contributed by atoms with E-state index in [1.807, 2.05) is 4.90 Å². The van der Waals surface area contributed by atoms with Gasteiger partial charge in [0.2, 0.25) is 0 Å². The lowest BCUT2D eigenvalue weighted by Gasteiger charge is -2.53. The van der Waals surface area contributed by atoms with E-state index in [2.05, 4.69) is 75.1 Å². The molecule has 2 saturated carbocycles. The molecule has 194 valence electrons. The van der Waals surface area contributed by atoms with Crippen LogP contribution in [0.4, 0.5) is 10.5 Å². The molecule has 5 rings (SSSR count). The van der Waals surface area contributed by atoms with Crippen LogP contribution < -0.4 is 4.90 Å². The fourth-order valence-corrected chi connectivity index (χ4v) is 6.60. The molecule has 0 N–H and O–H groups in total. The number of carbonyl (C=O) groups excluding carboxylic acids is 1. The van der Waals surface area contributed by atoms with Crippen molar-refractivity contribution in [2.75, 3.05) is 38.6 Å². The van der Waals surface area contributed by atoms with Gasteiger partial charge in [-0.1, -0.05) is 43.7 Å². The molecule has 2 aromatic rings. The minimum atomic E-state index is -0.426. The van der Waals surface area contributed by atoms with Gasteiger partial charge in [-0.2, -0.15) is 5.26 Å². The van der Waals surface area contributed by atoms with E-state index in [-0.39, 0.29) is 17.1 Å². The molecule has 2 heterocycles. The zero-order chi connectivity index (χ0) is 26.1. The molecular formula is C29H37N7O. The molecule has 1 aliphatic heterocycles. The maximum atomic E-state index is 14.0. The third kappa shape index (κ3) is 4.29. The number of anilines is 1. The Labute approximate surface area is 220 Å². The Morgan fingerprint density at radius 3 is 2.32 bits per heavy atom. The maximum Gasteiger partial charge on any atom is 0.325 e. The van der Waals surface area contributed by atoms with Crippen LogP contribution in [-0.4, -0.2) is 71.3 Å². The second-order valence-corrected chi connectivity index (χ2v) is 11.0. The summed E-state index contributed by atoms with van der Waals surface area (Å²) in [5.74, 6) is 0.523. The van der Waals surface area contributed by atoms with Gasteiger partial charge in [0.1, 0.15) is 0 Å². The van der Waals surface area contributed by atoms with Crippen LogP contribution in [0.5, 0.6) is 0 Å². The molecule has 0 bridgehead atoms. The molecule has 2 amide bonds. The SMILES string of the molecule is CCN(C)C1(c2ccccc2)CCC2(CC1)CN(c1cnc(C=NC)nc1)C(=O)N2CC1(C#N)CCC1. The van der Waals surface area contributed by atoms with Gasteiger partial charge in [0.25, 0.3) is 0 Å². The van der Waals surface area contributed by atoms with Gasteiger partial charge in [0, 0.05) is 19.1 Å². The highest BCUT2D eigenvalue weighted by molar-refractivity contribution is 5.95. The van der Waals surface area contributed by atoms with Crippen molar-refractivity contribution in [3.8, 4) is 6.07 Å². The van der Waals surface area contributed by atoms with E-state index in [4.69, 9.17) is 0 Å². The van der Waals surface area contributed by atoms with Crippen LogP contribution >= 0.6 is 0 Å². The molecule has 1 spiro atoms. The van der Waals surface area contributed by atoms with Crippen LogP contribution in [0.25, 0.3) is 0 Å². The molecule has 3 aliphatic rings. The number of carbonyl (C=O) groups is 1. The monoisotopic (exact) mass is 499 g/mol. The third-order valence-electron chi connectivity index (χ3n) is 9.23. The predicted octanol–water partition coefficient (Wildman–Crippen LogP) is 4.62. The van der Waals surface area contributed by atoms with Crippen molar-refractivity contribution < 1.29 is 4.79 Å². The molecule has 8 nitrogen and oxygen atoms in total. The number of nitriles is 1. The molecule has 0 radical (unpaired) electrons. The van der Waals surface area contributed by atoms with E-state index in [1.165, 1.54) is 5.56 Å². The summed E-state index contributed by atoms with van der Waals surface area (Å²) in [6.07, 6.45) is 11.5. The minimum Gasteiger partial charge on any atom is -0.315 e. The maximum absolute atomic E-state index is 14.0. The van der Waals surface area contributed by atoms with Crippen LogP contribution in [0.15, 0.2) is 47.7 Å². The lowest BCUT2D eigenvalue weighted by atomic mass is 9.66. The number of hydrogen-bond donors (Lipinski definition) is 0. The number of rotatable bonds is 7. The first-order chi connectivity index (χ1) is 17.9. The molecule has 0 atom stereocenters. The van der Waals surface area contributed by atoms with E-state index in [1.54, 1.807) is 25.7 Å². The molecule has 8 heteroatoms. The first kappa shape index (κ1) is 25.3. The highest BCUT2D eigenvalue weighted by atomic mass is 16.2. The van der Waals surface area contributed by atoms with Gasteiger partial charge in [0.15, 0.2) is 5.82 Å². The van der Waals surface area contributed by atoms with Gasteiger partial charge >= 0.3 is 6.03 Å². The second-order valence-electron chi connectivity index (χ2n) is 11.0. The smallest absolute Gasteiger partial charge is 0.315 e. The average Bonchev–Trinajstić information content (AvgIpc) is 3.18. The van der Waals surface area contributed by atoms with Crippen molar-refractivity contribution in [2.24, 2.45) is 10.4 Å². The quantitative estimate of drug-likeness (QED) is 0.519. The molecular weight excluding hydrogens is 462 g/mol.